The molecule has 1 unspecified atom stereocenters. The molecule has 1 amide bonds. The van der Waals surface area contributed by atoms with E-state index >= 15 is 0 Å². The molecule has 0 saturated carbocycles. The first-order valence-corrected chi connectivity index (χ1v) is 5.84. The maximum absolute atomic E-state index is 11.8. The number of aromatic amines is 1. The second-order valence-corrected chi connectivity index (χ2v) is 4.06. The third kappa shape index (κ3) is 3.45. The molecule has 1 rings (SSSR count). The molecule has 0 aliphatic carbocycles. The average Bonchev–Trinajstić information content (AvgIpc) is 2.67. The van der Waals surface area contributed by atoms with E-state index in [1.807, 2.05) is 13.8 Å². The minimum Gasteiger partial charge on any atom is -0.396 e. The smallest absolute Gasteiger partial charge is 0.274 e. The van der Waals surface area contributed by atoms with E-state index < -0.39 is 0 Å². The lowest BCUT2D eigenvalue weighted by atomic mass is 10.2. The molecule has 0 aliphatic heterocycles. The highest BCUT2D eigenvalue weighted by atomic mass is 16.3. The number of aryl methyl sites for hydroxylation is 1. The summed E-state index contributed by atoms with van der Waals surface area (Å²) < 4.78 is 0. The van der Waals surface area contributed by atoms with Gasteiger partial charge in [-0.2, -0.15) is 5.10 Å². The van der Waals surface area contributed by atoms with Crippen LogP contribution in [0.5, 0.6) is 0 Å². The molecule has 5 N–H and O–H groups in total. The Morgan fingerprint density at radius 2 is 2.35 bits per heavy atom. The molecule has 0 saturated heterocycles. The number of hydrogen-bond acceptors (Lipinski definition) is 4. The number of anilines is 1. The molecule has 1 heterocycles. The summed E-state index contributed by atoms with van der Waals surface area (Å²) in [5, 5.41) is 18.1. The van der Waals surface area contributed by atoms with Gasteiger partial charge in [0.1, 0.15) is 0 Å². The largest absolute Gasteiger partial charge is 0.396 e. The lowest BCUT2D eigenvalue weighted by molar-refractivity contribution is 0.0932. The molecule has 1 atom stereocenters. The molecule has 6 heteroatoms. The molecule has 6 nitrogen and oxygen atoms in total. The van der Waals surface area contributed by atoms with Gasteiger partial charge in [0.25, 0.3) is 5.91 Å². The van der Waals surface area contributed by atoms with Crippen molar-refractivity contribution in [2.75, 3.05) is 12.3 Å². The van der Waals surface area contributed by atoms with Crippen molar-refractivity contribution in [2.45, 2.75) is 39.2 Å². The van der Waals surface area contributed by atoms with Crippen molar-refractivity contribution in [3.05, 3.63) is 11.4 Å². The fraction of sp³-hybridized carbons (Fsp3) is 0.636. The van der Waals surface area contributed by atoms with Gasteiger partial charge in [0.15, 0.2) is 5.69 Å². The first kappa shape index (κ1) is 13.5. The topological polar surface area (TPSA) is 104 Å². The molecular weight excluding hydrogens is 220 g/mol. The summed E-state index contributed by atoms with van der Waals surface area (Å²) >= 11 is 0. The number of rotatable bonds is 6. The first-order chi connectivity index (χ1) is 8.10. The summed E-state index contributed by atoms with van der Waals surface area (Å²) in [6.45, 7) is 3.96. The molecule has 1 aromatic heterocycles. The van der Waals surface area contributed by atoms with Gasteiger partial charge in [-0.1, -0.05) is 6.92 Å². The van der Waals surface area contributed by atoms with Crippen LogP contribution in [-0.2, 0) is 6.42 Å². The lowest BCUT2D eigenvalue weighted by Crippen LogP contribution is -2.33. The van der Waals surface area contributed by atoms with E-state index in [0.717, 1.165) is 12.1 Å². The Morgan fingerprint density at radius 1 is 1.65 bits per heavy atom. The summed E-state index contributed by atoms with van der Waals surface area (Å²) in [5.41, 5.74) is 7.24. The Bertz CT molecular complexity index is 376. The Kier molecular flexibility index (Phi) is 4.96. The number of H-pyrrole nitrogens is 1. The first-order valence-electron chi connectivity index (χ1n) is 5.84. The molecule has 0 radical (unpaired) electrons. The van der Waals surface area contributed by atoms with E-state index in [9.17, 15) is 4.79 Å². The van der Waals surface area contributed by atoms with Gasteiger partial charge in [0.05, 0.1) is 11.4 Å². The van der Waals surface area contributed by atoms with Crippen LogP contribution in [0.1, 0.15) is 42.9 Å². The third-order valence-electron chi connectivity index (χ3n) is 2.62. The summed E-state index contributed by atoms with van der Waals surface area (Å²) in [5.74, 6) is -0.274. The number of aliphatic hydroxyl groups excluding tert-OH is 1. The number of nitrogen functional groups attached to an aromatic ring is 1. The zero-order valence-corrected chi connectivity index (χ0v) is 10.3. The molecule has 0 fully saturated rings. The van der Waals surface area contributed by atoms with Gasteiger partial charge in [-0.15, -0.1) is 0 Å². The fourth-order valence-electron chi connectivity index (χ4n) is 1.59. The van der Waals surface area contributed by atoms with Crippen molar-refractivity contribution < 1.29 is 9.90 Å². The van der Waals surface area contributed by atoms with E-state index in [1.54, 1.807) is 0 Å². The number of carbonyl (C=O) groups excluding carboxylic acids is 1. The monoisotopic (exact) mass is 240 g/mol. The van der Waals surface area contributed by atoms with E-state index in [1.165, 1.54) is 0 Å². The number of amides is 1. The van der Waals surface area contributed by atoms with Crippen molar-refractivity contribution in [2.24, 2.45) is 0 Å². The predicted molar refractivity (Wildman–Crippen MR) is 65.6 cm³/mol. The number of nitrogens with two attached hydrogens (primary N) is 1. The second kappa shape index (κ2) is 6.24. The van der Waals surface area contributed by atoms with Crippen molar-refractivity contribution >= 4 is 11.6 Å². The van der Waals surface area contributed by atoms with Crippen molar-refractivity contribution in [1.29, 1.82) is 0 Å². The predicted octanol–water partition coefficient (Wildman–Crippen LogP) is 0.445. The Balaban J connectivity index is 2.60. The van der Waals surface area contributed by atoms with Crippen molar-refractivity contribution in [3.63, 3.8) is 0 Å². The highest BCUT2D eigenvalue weighted by Gasteiger charge is 2.17. The molecule has 1 aromatic rings. The van der Waals surface area contributed by atoms with Crippen LogP contribution in [0.15, 0.2) is 0 Å². The number of aliphatic hydroxyl groups is 1. The van der Waals surface area contributed by atoms with Gasteiger partial charge in [0, 0.05) is 12.6 Å². The second-order valence-electron chi connectivity index (χ2n) is 4.06. The fourth-order valence-corrected chi connectivity index (χ4v) is 1.59. The average molecular weight is 240 g/mol. The van der Waals surface area contributed by atoms with Crippen LogP contribution in [0, 0.1) is 0 Å². The number of carbonyl (C=O) groups is 1. The van der Waals surface area contributed by atoms with E-state index in [4.69, 9.17) is 10.8 Å². The van der Waals surface area contributed by atoms with Crippen molar-refractivity contribution in [3.8, 4) is 0 Å². The van der Waals surface area contributed by atoms with Gasteiger partial charge in [-0.3, -0.25) is 9.89 Å². The van der Waals surface area contributed by atoms with Crippen LogP contribution in [-0.4, -0.2) is 33.9 Å². The van der Waals surface area contributed by atoms with Crippen LogP contribution in [0.2, 0.25) is 0 Å². The minimum absolute atomic E-state index is 0.00386. The molecule has 0 spiro atoms. The van der Waals surface area contributed by atoms with E-state index in [2.05, 4.69) is 15.5 Å². The Labute approximate surface area is 101 Å². The maximum Gasteiger partial charge on any atom is 0.274 e. The molecule has 17 heavy (non-hydrogen) atoms. The number of aromatic nitrogens is 2. The van der Waals surface area contributed by atoms with Crippen LogP contribution in [0.25, 0.3) is 0 Å². The number of nitrogens with one attached hydrogen (secondary N) is 2. The quantitative estimate of drug-likeness (QED) is 0.579. The maximum atomic E-state index is 11.8. The van der Waals surface area contributed by atoms with Crippen LogP contribution in [0.3, 0.4) is 0 Å². The highest BCUT2D eigenvalue weighted by Crippen LogP contribution is 2.14. The van der Waals surface area contributed by atoms with Gasteiger partial charge < -0.3 is 16.2 Å². The summed E-state index contributed by atoms with van der Waals surface area (Å²) in [6, 6.07) is -0.00386. The Hall–Kier alpha value is -1.56. The molecule has 0 aliphatic rings. The molecule has 0 bridgehead atoms. The van der Waals surface area contributed by atoms with Gasteiger partial charge in [0.2, 0.25) is 0 Å². The summed E-state index contributed by atoms with van der Waals surface area (Å²) in [7, 11) is 0. The van der Waals surface area contributed by atoms with Gasteiger partial charge in [-0.25, -0.2) is 0 Å². The number of nitrogens with zero attached hydrogens (tertiary/aromatic N) is 1. The third-order valence-corrected chi connectivity index (χ3v) is 2.62. The highest BCUT2D eigenvalue weighted by molar-refractivity contribution is 5.97. The van der Waals surface area contributed by atoms with Gasteiger partial charge in [-0.05, 0) is 26.2 Å². The Morgan fingerprint density at radius 3 is 2.88 bits per heavy atom. The normalized spacial score (nSPS) is 12.4. The molecule has 96 valence electrons. The zero-order valence-electron chi connectivity index (χ0n) is 10.3. The minimum atomic E-state index is -0.274. The van der Waals surface area contributed by atoms with E-state index in [-0.39, 0.29) is 24.2 Å². The van der Waals surface area contributed by atoms with Crippen LogP contribution < -0.4 is 11.1 Å². The molecular formula is C11H20N4O2. The van der Waals surface area contributed by atoms with Crippen LogP contribution >= 0.6 is 0 Å². The standard InChI is InChI=1S/C11H20N4O2/c1-3-8-9(12)10(15-14-8)11(17)13-7(2)5-4-6-16/h7,16H,3-6,12H2,1-2H3,(H,13,17)(H,14,15). The van der Waals surface area contributed by atoms with Crippen molar-refractivity contribution in [1.82, 2.24) is 15.5 Å². The zero-order chi connectivity index (χ0) is 12.8. The number of hydrogen-bond donors (Lipinski definition) is 4. The SMILES string of the molecule is CCc1[nH]nc(C(=O)NC(C)CCCO)c1N. The molecule has 0 aromatic carbocycles. The van der Waals surface area contributed by atoms with E-state index in [0.29, 0.717) is 18.5 Å². The summed E-state index contributed by atoms with van der Waals surface area (Å²) in [4.78, 5) is 11.8. The van der Waals surface area contributed by atoms with Crippen LogP contribution in [0.4, 0.5) is 5.69 Å². The van der Waals surface area contributed by atoms with Gasteiger partial charge >= 0.3 is 0 Å². The summed E-state index contributed by atoms with van der Waals surface area (Å²) in [6.07, 6.45) is 2.11. The lowest BCUT2D eigenvalue weighted by Gasteiger charge is -2.12.